The van der Waals surface area contributed by atoms with E-state index in [9.17, 15) is 4.79 Å². The molecule has 4 nitrogen and oxygen atoms in total. The van der Waals surface area contributed by atoms with Crippen LogP contribution < -0.4 is 12.4 Å². The lowest BCUT2D eigenvalue weighted by atomic mass is 10.1. The highest BCUT2D eigenvalue weighted by molar-refractivity contribution is 6.39. The Morgan fingerprint density at radius 3 is 2.67 bits per heavy atom. The van der Waals surface area contributed by atoms with Crippen LogP contribution >= 0.6 is 23.2 Å². The molecule has 0 bridgehead atoms. The molecule has 0 unspecified atom stereocenters. The summed E-state index contributed by atoms with van der Waals surface area (Å²) in [5.74, 6) is -0.118. The van der Waals surface area contributed by atoms with Gasteiger partial charge in [0, 0.05) is 29.7 Å². The van der Waals surface area contributed by atoms with Gasteiger partial charge in [-0.15, -0.1) is 0 Å². The summed E-state index contributed by atoms with van der Waals surface area (Å²) in [4.78, 5) is 18.5. The fourth-order valence-electron chi connectivity index (χ4n) is 2.22. The zero-order valence-corrected chi connectivity index (χ0v) is 13.3. The summed E-state index contributed by atoms with van der Waals surface area (Å²) >= 11 is 12.3. The minimum atomic E-state index is -0.118. The number of benzene rings is 1. The zero-order chi connectivity index (χ0) is 14.1. The molecular weight excluding hydrogens is 335 g/mol. The van der Waals surface area contributed by atoms with Crippen molar-refractivity contribution in [3.8, 4) is 0 Å². The molecule has 3 rings (SSSR count). The fraction of sp³-hybridized carbons (Fsp3) is 0.286. The van der Waals surface area contributed by atoms with Gasteiger partial charge in [0.15, 0.2) is 0 Å². The number of pyridine rings is 1. The van der Waals surface area contributed by atoms with E-state index in [0.29, 0.717) is 47.3 Å². The highest BCUT2D eigenvalue weighted by Gasteiger charge is 2.22. The van der Waals surface area contributed by atoms with Gasteiger partial charge in [-0.3, -0.25) is 9.78 Å². The number of hydrogen-bond donors (Lipinski definition) is 0. The van der Waals surface area contributed by atoms with Gasteiger partial charge in [-0.05, 0) is 18.2 Å². The van der Waals surface area contributed by atoms with Crippen LogP contribution in [0.1, 0.15) is 10.4 Å². The van der Waals surface area contributed by atoms with Crippen LogP contribution in [0.3, 0.4) is 0 Å². The summed E-state index contributed by atoms with van der Waals surface area (Å²) in [5.41, 5.74) is 1.13. The van der Waals surface area contributed by atoms with Gasteiger partial charge >= 0.3 is 0 Å². The number of carbonyl (C=O) groups is 1. The van der Waals surface area contributed by atoms with Gasteiger partial charge < -0.3 is 22.0 Å². The third-order valence-corrected chi connectivity index (χ3v) is 3.94. The Balaban J connectivity index is 0.00000161. The Labute approximate surface area is 138 Å². The molecule has 0 N–H and O–H groups in total. The van der Waals surface area contributed by atoms with Crippen LogP contribution in [-0.4, -0.2) is 42.1 Å². The Morgan fingerprint density at radius 2 is 1.95 bits per heavy atom. The SMILES string of the molecule is O=C(c1cnc2ccc(Cl)cc2c1Cl)N1CCOCC1.[Cl-]. The average Bonchev–Trinajstić information content (AvgIpc) is 2.48. The van der Waals surface area contributed by atoms with Crippen molar-refractivity contribution in [2.75, 3.05) is 26.3 Å². The van der Waals surface area contributed by atoms with E-state index in [1.807, 2.05) is 0 Å². The second-order valence-electron chi connectivity index (χ2n) is 4.55. The van der Waals surface area contributed by atoms with Crippen molar-refractivity contribution in [1.29, 1.82) is 0 Å². The Bertz CT molecular complexity index is 673. The first-order valence-corrected chi connectivity index (χ1v) is 7.03. The molecule has 0 spiro atoms. The average molecular weight is 347 g/mol. The van der Waals surface area contributed by atoms with Crippen molar-refractivity contribution >= 4 is 40.0 Å². The quantitative estimate of drug-likeness (QED) is 0.731. The summed E-state index contributed by atoms with van der Waals surface area (Å²) in [5, 5.41) is 1.66. The zero-order valence-electron chi connectivity index (χ0n) is 11.0. The Morgan fingerprint density at radius 1 is 1.24 bits per heavy atom. The van der Waals surface area contributed by atoms with Crippen LogP contribution in [-0.2, 0) is 4.74 Å². The van der Waals surface area contributed by atoms with Crippen molar-refractivity contribution in [3.63, 3.8) is 0 Å². The number of amides is 1. The van der Waals surface area contributed by atoms with E-state index in [0.717, 1.165) is 5.52 Å². The molecule has 7 heteroatoms. The molecule has 1 saturated heterocycles. The van der Waals surface area contributed by atoms with E-state index in [1.54, 1.807) is 23.1 Å². The number of hydrogen-bond acceptors (Lipinski definition) is 3. The number of fused-ring (bicyclic) bond motifs is 1. The molecule has 0 radical (unpaired) electrons. The third kappa shape index (κ3) is 3.24. The minimum absolute atomic E-state index is 0. The Kier molecular flexibility index (Phi) is 5.27. The van der Waals surface area contributed by atoms with E-state index in [4.69, 9.17) is 27.9 Å². The molecule has 2 aromatic rings. The molecular formula is C14H12Cl3N2O2-. The van der Waals surface area contributed by atoms with Gasteiger partial charge in [0.2, 0.25) is 0 Å². The third-order valence-electron chi connectivity index (χ3n) is 3.29. The summed E-state index contributed by atoms with van der Waals surface area (Å²) < 4.78 is 5.24. The minimum Gasteiger partial charge on any atom is -1.00 e. The maximum Gasteiger partial charge on any atom is 0.257 e. The lowest BCUT2D eigenvalue weighted by Crippen LogP contribution is -3.00. The number of aromatic nitrogens is 1. The number of morpholine rings is 1. The first-order valence-electron chi connectivity index (χ1n) is 6.27. The molecule has 1 aliphatic rings. The lowest BCUT2D eigenvalue weighted by molar-refractivity contribution is -0.0000145. The van der Waals surface area contributed by atoms with Gasteiger partial charge in [0.25, 0.3) is 5.91 Å². The normalized spacial score (nSPS) is 14.9. The van der Waals surface area contributed by atoms with Crippen molar-refractivity contribution in [2.45, 2.75) is 0 Å². The maximum atomic E-state index is 12.5. The first kappa shape index (κ1) is 16.3. The summed E-state index contributed by atoms with van der Waals surface area (Å²) in [7, 11) is 0. The Hall–Kier alpha value is -1.07. The number of carbonyl (C=O) groups excluding carboxylic acids is 1. The molecule has 1 aromatic carbocycles. The second-order valence-corrected chi connectivity index (χ2v) is 5.37. The van der Waals surface area contributed by atoms with E-state index in [2.05, 4.69) is 4.98 Å². The van der Waals surface area contributed by atoms with Gasteiger partial charge in [0.1, 0.15) is 0 Å². The molecule has 1 amide bonds. The highest BCUT2D eigenvalue weighted by Crippen LogP contribution is 2.28. The predicted molar refractivity (Wildman–Crippen MR) is 78.5 cm³/mol. The van der Waals surface area contributed by atoms with Crippen LogP contribution in [0.25, 0.3) is 10.9 Å². The summed E-state index contributed by atoms with van der Waals surface area (Å²) in [6, 6.07) is 5.26. The molecule has 112 valence electrons. The number of ether oxygens (including phenoxy) is 1. The second kappa shape index (κ2) is 6.79. The van der Waals surface area contributed by atoms with E-state index < -0.39 is 0 Å². The molecule has 1 aliphatic heterocycles. The topological polar surface area (TPSA) is 42.4 Å². The van der Waals surface area contributed by atoms with Gasteiger partial charge in [0.05, 0.1) is 29.3 Å². The number of rotatable bonds is 1. The molecule has 0 aliphatic carbocycles. The van der Waals surface area contributed by atoms with Crippen molar-refractivity contribution in [3.05, 3.63) is 40.0 Å². The lowest BCUT2D eigenvalue weighted by Gasteiger charge is -2.27. The molecule has 21 heavy (non-hydrogen) atoms. The van der Waals surface area contributed by atoms with E-state index in [-0.39, 0.29) is 18.3 Å². The summed E-state index contributed by atoms with van der Waals surface area (Å²) in [6.07, 6.45) is 1.52. The van der Waals surface area contributed by atoms with Gasteiger partial charge in [-0.1, -0.05) is 23.2 Å². The van der Waals surface area contributed by atoms with Crippen LogP contribution in [0.2, 0.25) is 10.0 Å². The monoisotopic (exact) mass is 345 g/mol. The molecule has 1 fully saturated rings. The van der Waals surface area contributed by atoms with Gasteiger partial charge in [-0.25, -0.2) is 0 Å². The molecule has 0 atom stereocenters. The molecule has 2 heterocycles. The highest BCUT2D eigenvalue weighted by atomic mass is 35.5. The van der Waals surface area contributed by atoms with E-state index in [1.165, 1.54) is 6.20 Å². The number of halogens is 3. The van der Waals surface area contributed by atoms with Crippen LogP contribution in [0.4, 0.5) is 0 Å². The summed E-state index contributed by atoms with van der Waals surface area (Å²) in [6.45, 7) is 2.25. The van der Waals surface area contributed by atoms with Crippen LogP contribution in [0.5, 0.6) is 0 Å². The largest absolute Gasteiger partial charge is 1.00 e. The standard InChI is InChI=1S/C14H12Cl2N2O2.ClH/c15-9-1-2-12-10(7-9)13(16)11(8-17-12)14(19)18-3-5-20-6-4-18;/h1-2,7-8H,3-6H2;1H/p-1. The maximum absolute atomic E-state index is 12.5. The van der Waals surface area contributed by atoms with Crippen LogP contribution in [0, 0.1) is 0 Å². The fourth-order valence-corrected chi connectivity index (χ4v) is 2.67. The predicted octanol–water partition coefficient (Wildman–Crippen LogP) is 0.0180. The van der Waals surface area contributed by atoms with Crippen molar-refractivity contribution < 1.29 is 21.9 Å². The van der Waals surface area contributed by atoms with Gasteiger partial charge in [-0.2, -0.15) is 0 Å². The van der Waals surface area contributed by atoms with Crippen molar-refractivity contribution in [1.82, 2.24) is 9.88 Å². The van der Waals surface area contributed by atoms with E-state index >= 15 is 0 Å². The number of nitrogens with zero attached hydrogens (tertiary/aromatic N) is 2. The first-order chi connectivity index (χ1) is 9.66. The van der Waals surface area contributed by atoms with Crippen LogP contribution in [0.15, 0.2) is 24.4 Å². The smallest absolute Gasteiger partial charge is 0.257 e. The van der Waals surface area contributed by atoms with Crippen molar-refractivity contribution in [2.24, 2.45) is 0 Å². The molecule has 1 aromatic heterocycles. The molecule has 0 saturated carbocycles.